The molecule has 0 saturated carbocycles. The maximum absolute atomic E-state index is 10.9. The second-order valence-corrected chi connectivity index (χ2v) is 27.3. The third-order valence-electron chi connectivity index (χ3n) is 13.6. The highest BCUT2D eigenvalue weighted by atomic mass is 31.2. The van der Waals surface area contributed by atoms with E-state index in [1.165, 1.54) is 81.6 Å². The van der Waals surface area contributed by atoms with E-state index in [0.29, 0.717) is 17.3 Å². The molecule has 0 saturated heterocycles. The molecule has 0 bridgehead atoms. The van der Waals surface area contributed by atoms with E-state index >= 15 is 0 Å². The van der Waals surface area contributed by atoms with Gasteiger partial charge in [0.2, 0.25) is 7.37 Å². The van der Waals surface area contributed by atoms with Crippen molar-refractivity contribution in [1.82, 2.24) is 0 Å². The number of benzene rings is 10. The Morgan fingerprint density at radius 2 is 0.596 bits per heavy atom. The zero-order valence-corrected chi connectivity index (χ0v) is 74.0. The first-order chi connectivity index (χ1) is 54.0. The van der Waals surface area contributed by atoms with Gasteiger partial charge >= 0.3 is 29.8 Å². The molecule has 8 N–H and O–H groups in total. The number of aliphatic hydroxyl groups is 1. The Labute approximate surface area is 687 Å². The van der Waals surface area contributed by atoms with Crippen LogP contribution in [-0.4, -0.2) is 96.9 Å². The zero-order valence-electron chi connectivity index (χ0n) is 72.2. The molecule has 0 amide bonds. The molecule has 10 aromatic rings. The first kappa shape index (κ1) is 120. The van der Waals surface area contributed by atoms with E-state index in [-0.39, 0.29) is 31.1 Å². The van der Waals surface area contributed by atoms with Crippen LogP contribution in [0.3, 0.4) is 0 Å². The van der Waals surface area contributed by atoms with Gasteiger partial charge in [0, 0.05) is 32.8 Å². The lowest BCUT2D eigenvalue weighted by Gasteiger charge is -2.03. The predicted molar refractivity (Wildman–Crippen MR) is 489 cm³/mol. The predicted octanol–water partition coefficient (Wildman–Crippen LogP) is 27.1. The molecular formula is C97H142O15P2. The maximum Gasteiger partial charge on any atom is 0.335 e. The van der Waals surface area contributed by atoms with Gasteiger partial charge in [-0.2, -0.15) is 0 Å². The third-order valence-corrected chi connectivity index (χ3v) is 15.7. The maximum atomic E-state index is 10.9. The number of aliphatic carboxylic acids is 1. The lowest BCUT2D eigenvalue weighted by atomic mass is 10.0. The van der Waals surface area contributed by atoms with Crippen molar-refractivity contribution < 1.29 is 73.5 Å². The van der Waals surface area contributed by atoms with Crippen molar-refractivity contribution >= 4 is 44.6 Å². The van der Waals surface area contributed by atoms with Crippen molar-refractivity contribution in [2.24, 2.45) is 0 Å². The molecule has 0 aliphatic heterocycles. The SMILES string of the molecule is C.CC.CC.CC.CC.CC.CC.CC.CCCCP(C)(=O)O.CCc1ccc(-c2ccc(C)cc2)cc1.CCc1ccc(C)cc1.CO.CP(=O)(O)Cc1ccccc1.Cc1ccc(-c2ccccc2)cc1.Cc1ccccc1C(=O)O.O=C(O)Cc1ccccc1.O=C(O)c1cccc(C(=O)O)c1.O=C(O)c1ccccc1. The Kier molecular flexibility index (Phi) is 83.4. The van der Waals surface area contributed by atoms with Crippen LogP contribution in [0.25, 0.3) is 22.3 Å². The summed E-state index contributed by atoms with van der Waals surface area (Å²) >= 11 is 0. The Bertz CT molecular complexity index is 3940. The monoisotopic (exact) mass is 1610 g/mol. The molecule has 0 heterocycles. The van der Waals surface area contributed by atoms with Crippen LogP contribution in [0.15, 0.2) is 267 Å². The van der Waals surface area contributed by atoms with Crippen LogP contribution in [0, 0.1) is 27.7 Å². The van der Waals surface area contributed by atoms with Gasteiger partial charge < -0.3 is 40.4 Å². The van der Waals surface area contributed by atoms with E-state index in [1.54, 1.807) is 67.6 Å². The van der Waals surface area contributed by atoms with Crippen LogP contribution in [0.2, 0.25) is 0 Å². The highest BCUT2D eigenvalue weighted by Crippen LogP contribution is 2.39. The zero-order chi connectivity index (χ0) is 88.2. The quantitative estimate of drug-likeness (QED) is 0.0443. The number of aryl methyl sites for hydroxylation is 6. The average molecular weight is 1610 g/mol. The molecule has 17 heteroatoms. The Balaban J connectivity index is -0.000000181. The molecular weight excluding hydrogens is 1470 g/mol. The number of carboxylic acids is 5. The second kappa shape index (κ2) is 79.5. The standard InChI is InChI=1S/C15H16.C13H12.C9H12.C8H6O4.C8H11O2P.2C8H8O2.C7H6O2.C5H13O2P.7C2H6.CH4O.CH4/c1-3-13-6-10-15(11-7-13)14-8-4-12(2)5-9-14;1-11-7-9-13(10-8-11)12-5-3-2-4-6-12;1-3-9-6-4-8(2)5-7-9;9-7(10)5-2-1-3-6(4-5)8(11)12;1-11(9,10)7-8-5-3-2-4-6-8;1-6-4-2-3-5-7(6)8(9)10;9-8(10)6-7-4-2-1-3-5-7;8-7(9)6-4-2-1-3-5-6;1-3-4-5-8(2,6)7;8*1-2;/h4-11H,3H2,1-2H3;2-10H,1H3;4-7H,3H2,1-2H3;1-4H,(H,9,10)(H,11,12);2-6H,7H2,1H3,(H,9,10);2-5H,1H3,(H,9,10);1-5H,6H2,(H,9,10);1-5H,(H,8,9);3-5H2,1-2H3,(H,6,7);7*1-2H3;2H,1H3;1H4. The van der Waals surface area contributed by atoms with Gasteiger partial charge in [-0.05, 0) is 133 Å². The number of aliphatic hydroxyl groups excluding tert-OH is 1. The molecule has 15 nitrogen and oxygen atoms in total. The largest absolute Gasteiger partial charge is 0.481 e. The summed E-state index contributed by atoms with van der Waals surface area (Å²) in [5, 5.41) is 49.3. The van der Waals surface area contributed by atoms with Crippen molar-refractivity contribution in [1.29, 1.82) is 0 Å². The fraction of sp³-hybridized carbons (Fsp3) is 0.330. The summed E-state index contributed by atoms with van der Waals surface area (Å²) in [6.07, 6.45) is 4.97. The summed E-state index contributed by atoms with van der Waals surface area (Å²) in [4.78, 5) is 69.3. The molecule has 114 heavy (non-hydrogen) atoms. The molecule has 0 aliphatic carbocycles. The molecule has 2 unspecified atom stereocenters. The van der Waals surface area contributed by atoms with Crippen LogP contribution >= 0.6 is 14.7 Å². The van der Waals surface area contributed by atoms with E-state index in [2.05, 4.69) is 156 Å². The first-order valence-corrected chi connectivity index (χ1v) is 43.4. The van der Waals surface area contributed by atoms with Crippen molar-refractivity contribution in [2.45, 2.75) is 191 Å². The van der Waals surface area contributed by atoms with E-state index in [9.17, 15) is 33.1 Å². The summed E-state index contributed by atoms with van der Waals surface area (Å²) < 4.78 is 21.5. The Morgan fingerprint density at radius 3 is 0.868 bits per heavy atom. The molecule has 0 radical (unpaired) electrons. The van der Waals surface area contributed by atoms with Crippen LogP contribution in [0.1, 0.15) is 224 Å². The number of carboxylic acid groups (broad SMARTS) is 5. The van der Waals surface area contributed by atoms with Crippen molar-refractivity contribution in [3.63, 3.8) is 0 Å². The van der Waals surface area contributed by atoms with Gasteiger partial charge in [0.05, 0.1) is 28.7 Å². The number of unbranched alkanes of at least 4 members (excludes halogenated alkanes) is 1. The van der Waals surface area contributed by atoms with Crippen LogP contribution < -0.4 is 0 Å². The van der Waals surface area contributed by atoms with Gasteiger partial charge in [0.15, 0.2) is 7.37 Å². The average Bonchev–Trinajstić information content (AvgIpc) is 0.896. The molecule has 10 rings (SSSR count). The van der Waals surface area contributed by atoms with Crippen LogP contribution in [0.4, 0.5) is 0 Å². The van der Waals surface area contributed by atoms with Crippen LogP contribution in [0.5, 0.6) is 0 Å². The lowest BCUT2D eigenvalue weighted by molar-refractivity contribution is -0.136. The number of hydrogen-bond acceptors (Lipinski definition) is 8. The number of aromatic carboxylic acids is 4. The normalized spacial score (nSPS) is 9.75. The molecule has 0 aromatic heterocycles. The van der Waals surface area contributed by atoms with Gasteiger partial charge in [0.1, 0.15) is 0 Å². The number of rotatable bonds is 15. The fourth-order valence-electron chi connectivity index (χ4n) is 8.20. The molecule has 630 valence electrons. The second-order valence-electron chi connectivity index (χ2n) is 22.3. The summed E-state index contributed by atoms with van der Waals surface area (Å²) in [6.45, 7) is 45.3. The first-order valence-electron chi connectivity index (χ1n) is 38.8. The van der Waals surface area contributed by atoms with E-state index in [0.717, 1.165) is 55.5 Å². The van der Waals surface area contributed by atoms with Gasteiger partial charge in [-0.15, -0.1) is 0 Å². The third kappa shape index (κ3) is 66.5. The Hall–Kier alpha value is -10.1. The van der Waals surface area contributed by atoms with E-state index in [4.69, 9.17) is 40.4 Å². The van der Waals surface area contributed by atoms with Gasteiger partial charge in [-0.25, -0.2) is 19.2 Å². The van der Waals surface area contributed by atoms with Gasteiger partial charge in [-0.3, -0.25) is 13.9 Å². The Morgan fingerprint density at radius 1 is 0.316 bits per heavy atom. The van der Waals surface area contributed by atoms with Crippen LogP contribution in [-0.2, 0) is 39.3 Å². The molecule has 0 spiro atoms. The summed E-state index contributed by atoms with van der Waals surface area (Å²) in [6, 6.07) is 84.0. The van der Waals surface area contributed by atoms with Crippen molar-refractivity contribution in [2.75, 3.05) is 26.6 Å². The van der Waals surface area contributed by atoms with Gasteiger partial charge in [0.25, 0.3) is 0 Å². The molecule has 10 aromatic carbocycles. The minimum Gasteiger partial charge on any atom is -0.481 e. The minimum atomic E-state index is -2.89. The van der Waals surface area contributed by atoms with Crippen molar-refractivity contribution in [3.8, 4) is 22.3 Å². The van der Waals surface area contributed by atoms with Gasteiger partial charge in [-0.1, -0.05) is 379 Å². The van der Waals surface area contributed by atoms with E-state index in [1.807, 2.05) is 165 Å². The van der Waals surface area contributed by atoms with Crippen molar-refractivity contribution in [3.05, 3.63) is 334 Å². The highest BCUT2D eigenvalue weighted by Gasteiger charge is 2.11. The smallest absolute Gasteiger partial charge is 0.335 e. The summed E-state index contributed by atoms with van der Waals surface area (Å²) in [5.74, 6) is -4.78. The summed E-state index contributed by atoms with van der Waals surface area (Å²) in [5.41, 5.74) is 15.2. The number of carbonyl (C=O) groups is 5. The molecule has 0 aliphatic rings. The minimum absolute atomic E-state index is 0. The molecule has 0 fully saturated rings. The van der Waals surface area contributed by atoms with E-state index < -0.39 is 44.6 Å². The lowest BCUT2D eigenvalue weighted by Crippen LogP contribution is -2.01. The highest BCUT2D eigenvalue weighted by molar-refractivity contribution is 7.57. The summed E-state index contributed by atoms with van der Waals surface area (Å²) in [7, 11) is -4.57. The number of hydrogen-bond donors (Lipinski definition) is 8. The molecule has 2 atom stereocenters. The fourth-order valence-corrected chi connectivity index (χ4v) is 9.99. The topological polar surface area (TPSA) is 281 Å².